The molecule has 310 valence electrons. The van der Waals surface area contributed by atoms with Crippen LogP contribution in [0.4, 0.5) is 4.79 Å². The van der Waals surface area contributed by atoms with Gasteiger partial charge in [0.15, 0.2) is 0 Å². The largest absolute Gasteiger partial charge is 0.465 e. The van der Waals surface area contributed by atoms with Crippen molar-refractivity contribution in [2.24, 2.45) is 11.8 Å². The minimum Gasteiger partial charge on any atom is -0.465 e. The van der Waals surface area contributed by atoms with Gasteiger partial charge in [0.2, 0.25) is 0 Å². The molecule has 1 rings (SSSR count). The van der Waals surface area contributed by atoms with E-state index in [0.717, 1.165) is 64.2 Å². The molecular formula is C47H81NO6. The summed E-state index contributed by atoms with van der Waals surface area (Å²) < 4.78 is 17.0. The smallest absolute Gasteiger partial charge is 0.410 e. The van der Waals surface area contributed by atoms with Crippen molar-refractivity contribution in [1.82, 2.24) is 4.90 Å². The number of hydrogen-bond acceptors (Lipinski definition) is 6. The Kier molecular flexibility index (Phi) is 30.5. The van der Waals surface area contributed by atoms with Crippen LogP contribution in [-0.4, -0.2) is 54.8 Å². The van der Waals surface area contributed by atoms with Crippen molar-refractivity contribution in [2.45, 2.75) is 194 Å². The van der Waals surface area contributed by atoms with Gasteiger partial charge in [0.1, 0.15) is 5.60 Å². The number of likely N-dealkylation sites (tertiary alicyclic amines) is 1. The fraction of sp³-hybridized carbons (Fsp3) is 0.766. The second-order valence-corrected chi connectivity index (χ2v) is 16.2. The van der Waals surface area contributed by atoms with E-state index in [-0.39, 0.29) is 43.1 Å². The lowest BCUT2D eigenvalue weighted by atomic mass is 9.98. The molecule has 0 aromatic heterocycles. The molecule has 0 aliphatic carbocycles. The molecule has 0 aromatic rings. The van der Waals surface area contributed by atoms with Gasteiger partial charge in [-0.15, -0.1) is 0 Å². The highest BCUT2D eigenvalue weighted by molar-refractivity contribution is 5.70. The van der Waals surface area contributed by atoms with Crippen molar-refractivity contribution in [3.63, 3.8) is 0 Å². The highest BCUT2D eigenvalue weighted by Crippen LogP contribution is 2.27. The fourth-order valence-corrected chi connectivity index (χ4v) is 6.50. The molecule has 1 amide bonds. The Bertz CT molecular complexity index is 1000. The van der Waals surface area contributed by atoms with Crippen LogP contribution in [0.5, 0.6) is 0 Å². The average molecular weight is 756 g/mol. The van der Waals surface area contributed by atoms with E-state index in [2.05, 4.69) is 62.5 Å². The van der Waals surface area contributed by atoms with Gasteiger partial charge >= 0.3 is 18.0 Å². The molecule has 1 fully saturated rings. The number of unbranched alkanes of at least 4 members (excludes halogenated alkanes) is 16. The van der Waals surface area contributed by atoms with Crippen molar-refractivity contribution in [1.29, 1.82) is 0 Å². The third kappa shape index (κ3) is 29.5. The lowest BCUT2D eigenvalue weighted by Crippen LogP contribution is -2.35. The summed E-state index contributed by atoms with van der Waals surface area (Å²) >= 11 is 0. The van der Waals surface area contributed by atoms with Crippen LogP contribution in [-0.2, 0) is 23.8 Å². The predicted molar refractivity (Wildman–Crippen MR) is 225 cm³/mol. The standard InChI is InChI=1S/C47H81NO6/c1-6-8-10-12-14-16-18-20-22-24-26-28-30-32-34-36-44(49)52-40-42-38-48(46(51)54-47(3,4)5)39-43(42)41-53-45(50)37-35-33-31-29-27-25-23-21-19-17-15-13-11-9-7-2/h14-17,20-23,42-43H,6-13,18-19,24-41H2,1-5H3/t42-,43-/m0/s1. The van der Waals surface area contributed by atoms with E-state index in [0.29, 0.717) is 25.9 Å². The van der Waals surface area contributed by atoms with E-state index in [1.165, 1.54) is 77.0 Å². The Labute approximate surface area is 331 Å². The molecule has 1 aliphatic rings. The zero-order valence-electron chi connectivity index (χ0n) is 35.5. The van der Waals surface area contributed by atoms with Crippen LogP contribution >= 0.6 is 0 Å². The van der Waals surface area contributed by atoms with Gasteiger partial charge in [-0.3, -0.25) is 9.59 Å². The Hall–Kier alpha value is -2.83. The number of carbonyl (C=O) groups is 3. The molecule has 0 radical (unpaired) electrons. The van der Waals surface area contributed by atoms with Crippen molar-refractivity contribution in [2.75, 3.05) is 26.3 Å². The molecule has 0 aromatic carbocycles. The van der Waals surface area contributed by atoms with E-state index in [9.17, 15) is 14.4 Å². The van der Waals surface area contributed by atoms with Crippen molar-refractivity contribution in [3.05, 3.63) is 48.6 Å². The minimum atomic E-state index is -0.604. The summed E-state index contributed by atoms with van der Waals surface area (Å²) in [7, 11) is 0. The van der Waals surface area contributed by atoms with Crippen LogP contribution in [0.2, 0.25) is 0 Å². The highest BCUT2D eigenvalue weighted by atomic mass is 16.6. The third-order valence-corrected chi connectivity index (χ3v) is 9.81. The third-order valence-electron chi connectivity index (χ3n) is 9.81. The normalized spacial score (nSPS) is 16.4. The number of nitrogens with zero attached hydrogens (tertiary/aromatic N) is 1. The van der Waals surface area contributed by atoms with Crippen molar-refractivity contribution >= 4 is 18.0 Å². The quantitative estimate of drug-likeness (QED) is 0.0294. The predicted octanol–water partition coefficient (Wildman–Crippen LogP) is 13.2. The monoisotopic (exact) mass is 756 g/mol. The second-order valence-electron chi connectivity index (χ2n) is 16.2. The number of allylic oxidation sites excluding steroid dienone is 8. The topological polar surface area (TPSA) is 82.1 Å². The molecule has 7 nitrogen and oxygen atoms in total. The molecule has 1 heterocycles. The fourth-order valence-electron chi connectivity index (χ4n) is 6.50. The molecule has 1 saturated heterocycles. The lowest BCUT2D eigenvalue weighted by Gasteiger charge is -2.24. The van der Waals surface area contributed by atoms with E-state index >= 15 is 0 Å². The van der Waals surface area contributed by atoms with Gasteiger partial charge in [0.25, 0.3) is 0 Å². The van der Waals surface area contributed by atoms with Gasteiger partial charge in [0, 0.05) is 37.8 Å². The van der Waals surface area contributed by atoms with Gasteiger partial charge in [0.05, 0.1) is 13.2 Å². The van der Waals surface area contributed by atoms with Crippen LogP contribution in [0, 0.1) is 11.8 Å². The van der Waals surface area contributed by atoms with Gasteiger partial charge in [-0.2, -0.15) is 0 Å². The number of carbonyl (C=O) groups excluding carboxylic acids is 3. The first-order chi connectivity index (χ1) is 26.2. The number of rotatable bonds is 32. The van der Waals surface area contributed by atoms with E-state index < -0.39 is 5.60 Å². The van der Waals surface area contributed by atoms with Gasteiger partial charge < -0.3 is 19.1 Å². The molecule has 1 aliphatic heterocycles. The molecule has 0 N–H and O–H groups in total. The van der Waals surface area contributed by atoms with Crippen LogP contribution in [0.25, 0.3) is 0 Å². The SMILES string of the molecule is CCCCCC=CCC=CCCCCCCCC(=O)OC[C@@H]1CN(C(=O)OC(C)(C)C)C[C@H]1COC(=O)CCCCCCCC=CCC=CCCCCC. The Morgan fingerprint density at radius 1 is 0.519 bits per heavy atom. The molecule has 2 atom stereocenters. The van der Waals surface area contributed by atoms with Gasteiger partial charge in [-0.05, 0) is 97.8 Å². The number of ether oxygens (including phenoxy) is 3. The van der Waals surface area contributed by atoms with Crippen LogP contribution in [0.15, 0.2) is 48.6 Å². The summed E-state index contributed by atoms with van der Waals surface area (Å²) in [4.78, 5) is 39.7. The van der Waals surface area contributed by atoms with Crippen LogP contribution in [0.3, 0.4) is 0 Å². The first-order valence-electron chi connectivity index (χ1n) is 22.0. The minimum absolute atomic E-state index is 0.102. The average Bonchev–Trinajstić information content (AvgIpc) is 3.55. The Balaban J connectivity index is 2.28. The molecule has 0 spiro atoms. The summed E-state index contributed by atoms with van der Waals surface area (Å²) in [5, 5.41) is 0. The van der Waals surface area contributed by atoms with E-state index in [1.54, 1.807) is 4.90 Å². The zero-order valence-corrected chi connectivity index (χ0v) is 35.5. The van der Waals surface area contributed by atoms with Gasteiger partial charge in [-0.25, -0.2) is 4.79 Å². The van der Waals surface area contributed by atoms with E-state index in [1.807, 2.05) is 20.8 Å². The van der Waals surface area contributed by atoms with Crippen LogP contribution < -0.4 is 0 Å². The molecule has 0 saturated carbocycles. The first-order valence-corrected chi connectivity index (χ1v) is 22.0. The lowest BCUT2D eigenvalue weighted by molar-refractivity contribution is -0.149. The summed E-state index contributed by atoms with van der Waals surface area (Å²) in [5.74, 6) is -0.605. The molecule has 7 heteroatoms. The highest BCUT2D eigenvalue weighted by Gasteiger charge is 2.38. The van der Waals surface area contributed by atoms with Crippen molar-refractivity contribution < 1.29 is 28.6 Å². The summed E-state index contributed by atoms with van der Waals surface area (Å²) in [6.07, 6.45) is 43.7. The maximum Gasteiger partial charge on any atom is 0.410 e. The number of esters is 2. The molecule has 54 heavy (non-hydrogen) atoms. The van der Waals surface area contributed by atoms with Crippen molar-refractivity contribution in [3.8, 4) is 0 Å². The van der Waals surface area contributed by atoms with Crippen LogP contribution in [0.1, 0.15) is 189 Å². The summed E-state index contributed by atoms with van der Waals surface area (Å²) in [6, 6.07) is 0. The number of hydrogen-bond donors (Lipinski definition) is 0. The number of amides is 1. The molecular weight excluding hydrogens is 675 g/mol. The first kappa shape index (κ1) is 49.2. The summed E-state index contributed by atoms with van der Waals surface area (Å²) in [5.41, 5.74) is -0.604. The molecule has 0 bridgehead atoms. The Morgan fingerprint density at radius 3 is 1.24 bits per heavy atom. The second kappa shape index (κ2) is 33.5. The maximum atomic E-state index is 12.8. The maximum absolute atomic E-state index is 12.8. The zero-order chi connectivity index (χ0) is 39.5. The Morgan fingerprint density at radius 2 is 0.870 bits per heavy atom. The summed E-state index contributed by atoms with van der Waals surface area (Å²) in [6.45, 7) is 11.3. The molecule has 0 unspecified atom stereocenters. The van der Waals surface area contributed by atoms with Gasteiger partial charge in [-0.1, -0.05) is 127 Å². The van der Waals surface area contributed by atoms with E-state index in [4.69, 9.17) is 14.2 Å².